The van der Waals surface area contributed by atoms with E-state index < -0.39 is 0 Å². The van der Waals surface area contributed by atoms with Gasteiger partial charge >= 0.3 is 6.03 Å². The van der Waals surface area contributed by atoms with Crippen molar-refractivity contribution in [2.45, 2.75) is 31.6 Å². The number of rotatable bonds is 3. The Balaban J connectivity index is 1.18. The van der Waals surface area contributed by atoms with Crippen molar-refractivity contribution in [1.29, 1.82) is 0 Å². The first kappa shape index (κ1) is 19.2. The van der Waals surface area contributed by atoms with Gasteiger partial charge in [-0.1, -0.05) is 11.2 Å². The largest absolute Gasteiger partial charge is 0.339 e. The molecule has 0 unspecified atom stereocenters. The first-order valence-corrected chi connectivity index (χ1v) is 10.4. The summed E-state index contributed by atoms with van der Waals surface area (Å²) in [6, 6.07) is 11.0. The number of nitrogens with zero attached hydrogens (tertiary/aromatic N) is 4. The predicted octanol–water partition coefficient (Wildman–Crippen LogP) is 3.43. The number of piperidine rings is 1. The molecule has 3 aromatic rings. The second-order valence-corrected chi connectivity index (χ2v) is 7.78. The molecule has 4 heterocycles. The number of urea groups is 1. The van der Waals surface area contributed by atoms with E-state index in [2.05, 4.69) is 25.8 Å². The third kappa shape index (κ3) is 4.11. The maximum absolute atomic E-state index is 12.7. The molecule has 3 amide bonds. The van der Waals surface area contributed by atoms with Crippen LogP contribution in [0.25, 0.3) is 11.5 Å². The number of aryl methyl sites for hydroxylation is 1. The van der Waals surface area contributed by atoms with Crippen molar-refractivity contribution < 1.29 is 14.1 Å². The monoisotopic (exact) mass is 418 g/mol. The third-order valence-electron chi connectivity index (χ3n) is 5.72. The van der Waals surface area contributed by atoms with Gasteiger partial charge in [0.2, 0.25) is 17.6 Å². The van der Waals surface area contributed by atoms with Crippen LogP contribution >= 0.6 is 0 Å². The number of aromatic nitrogens is 3. The van der Waals surface area contributed by atoms with Crippen LogP contribution in [0, 0.1) is 0 Å². The molecule has 9 nitrogen and oxygen atoms in total. The number of fused-ring (bicyclic) bond motifs is 1. The minimum absolute atomic E-state index is 0.0283. The standard InChI is InChI=1S/C22H22N6O3/c29-19-7-4-15-13-16(5-6-17(15)25-19)24-22(30)28-11-8-14(9-12-28)21-26-20(27-31-21)18-3-1-2-10-23-18/h1-3,5-6,10,13-14H,4,7-9,11-12H2,(H,24,30)(H,25,29). The topological polar surface area (TPSA) is 113 Å². The number of carbonyl (C=O) groups excluding carboxylic acids is 2. The molecule has 5 rings (SSSR count). The van der Waals surface area contributed by atoms with Gasteiger partial charge in [0.25, 0.3) is 0 Å². The summed E-state index contributed by atoms with van der Waals surface area (Å²) in [5, 5.41) is 9.86. The van der Waals surface area contributed by atoms with Crippen LogP contribution in [-0.2, 0) is 11.2 Å². The highest BCUT2D eigenvalue weighted by Gasteiger charge is 2.28. The summed E-state index contributed by atoms with van der Waals surface area (Å²) in [7, 11) is 0. The number of hydrogen-bond acceptors (Lipinski definition) is 6. The van der Waals surface area contributed by atoms with Crippen molar-refractivity contribution in [2.75, 3.05) is 23.7 Å². The Morgan fingerprint density at radius 1 is 1.16 bits per heavy atom. The zero-order valence-electron chi connectivity index (χ0n) is 16.9. The molecule has 0 aliphatic carbocycles. The van der Waals surface area contributed by atoms with E-state index in [-0.39, 0.29) is 17.9 Å². The summed E-state index contributed by atoms with van der Waals surface area (Å²) in [4.78, 5) is 34.7. The minimum Gasteiger partial charge on any atom is -0.339 e. The molecule has 0 radical (unpaired) electrons. The average molecular weight is 418 g/mol. The highest BCUT2D eigenvalue weighted by Crippen LogP contribution is 2.29. The summed E-state index contributed by atoms with van der Waals surface area (Å²) in [6.45, 7) is 1.22. The van der Waals surface area contributed by atoms with E-state index >= 15 is 0 Å². The first-order chi connectivity index (χ1) is 15.2. The number of hydrogen-bond donors (Lipinski definition) is 2. The summed E-state index contributed by atoms with van der Waals surface area (Å²) < 4.78 is 5.46. The Labute approximate surface area is 178 Å². The number of nitrogens with one attached hydrogen (secondary N) is 2. The Kier molecular flexibility index (Phi) is 5.07. The molecule has 1 fully saturated rings. The molecule has 2 aliphatic heterocycles. The van der Waals surface area contributed by atoms with Crippen LogP contribution in [0.4, 0.5) is 16.2 Å². The van der Waals surface area contributed by atoms with Crippen LogP contribution < -0.4 is 10.6 Å². The highest BCUT2D eigenvalue weighted by atomic mass is 16.5. The fourth-order valence-electron chi connectivity index (χ4n) is 3.99. The Hall–Kier alpha value is -3.75. The molecule has 2 N–H and O–H groups in total. The quantitative estimate of drug-likeness (QED) is 0.674. The van der Waals surface area contributed by atoms with Crippen LogP contribution in [0.5, 0.6) is 0 Å². The maximum atomic E-state index is 12.7. The van der Waals surface area contributed by atoms with Crippen LogP contribution in [0.1, 0.15) is 36.6 Å². The van der Waals surface area contributed by atoms with Gasteiger partial charge in [-0.25, -0.2) is 4.79 Å². The number of anilines is 2. The van der Waals surface area contributed by atoms with E-state index in [4.69, 9.17) is 4.52 Å². The van der Waals surface area contributed by atoms with Gasteiger partial charge in [-0.2, -0.15) is 4.98 Å². The molecule has 2 aromatic heterocycles. The zero-order valence-corrected chi connectivity index (χ0v) is 16.9. The normalized spacial score (nSPS) is 16.5. The maximum Gasteiger partial charge on any atom is 0.321 e. The first-order valence-electron chi connectivity index (χ1n) is 10.4. The average Bonchev–Trinajstić information content (AvgIpc) is 3.30. The molecule has 0 spiro atoms. The van der Waals surface area contributed by atoms with E-state index in [0.717, 1.165) is 29.8 Å². The molecule has 0 saturated carbocycles. The Bertz CT molecular complexity index is 1110. The van der Waals surface area contributed by atoms with E-state index in [9.17, 15) is 9.59 Å². The van der Waals surface area contributed by atoms with E-state index in [0.29, 0.717) is 43.3 Å². The van der Waals surface area contributed by atoms with Crippen molar-refractivity contribution in [2.24, 2.45) is 0 Å². The second-order valence-electron chi connectivity index (χ2n) is 7.78. The molecular formula is C22H22N6O3. The van der Waals surface area contributed by atoms with Gasteiger partial charge < -0.3 is 20.1 Å². The van der Waals surface area contributed by atoms with Gasteiger partial charge in [0, 0.05) is 43.0 Å². The van der Waals surface area contributed by atoms with E-state index in [1.54, 1.807) is 11.1 Å². The van der Waals surface area contributed by atoms with Crippen molar-refractivity contribution in [3.8, 4) is 11.5 Å². The Morgan fingerprint density at radius 3 is 2.84 bits per heavy atom. The summed E-state index contributed by atoms with van der Waals surface area (Å²) in [5.74, 6) is 1.23. The fourth-order valence-corrected chi connectivity index (χ4v) is 3.99. The van der Waals surface area contributed by atoms with Crippen molar-refractivity contribution >= 4 is 23.3 Å². The number of benzene rings is 1. The van der Waals surface area contributed by atoms with E-state index in [1.165, 1.54) is 0 Å². The Morgan fingerprint density at radius 2 is 2.03 bits per heavy atom. The summed E-state index contributed by atoms with van der Waals surface area (Å²) in [5.41, 5.74) is 3.27. The molecule has 31 heavy (non-hydrogen) atoms. The molecule has 0 atom stereocenters. The van der Waals surface area contributed by atoms with Crippen molar-refractivity contribution in [3.63, 3.8) is 0 Å². The molecule has 9 heteroatoms. The number of amides is 3. The van der Waals surface area contributed by atoms with Crippen molar-refractivity contribution in [3.05, 3.63) is 54.0 Å². The molecule has 1 aromatic carbocycles. The lowest BCUT2D eigenvalue weighted by Gasteiger charge is -2.30. The number of likely N-dealkylation sites (tertiary alicyclic amines) is 1. The van der Waals surface area contributed by atoms with E-state index in [1.807, 2.05) is 36.4 Å². The molecular weight excluding hydrogens is 396 g/mol. The van der Waals surface area contributed by atoms with Crippen LogP contribution in [0.3, 0.4) is 0 Å². The highest BCUT2D eigenvalue weighted by molar-refractivity contribution is 5.95. The van der Waals surface area contributed by atoms with Crippen LogP contribution in [0.2, 0.25) is 0 Å². The van der Waals surface area contributed by atoms with Gasteiger partial charge in [-0.3, -0.25) is 9.78 Å². The predicted molar refractivity (Wildman–Crippen MR) is 113 cm³/mol. The minimum atomic E-state index is -0.127. The molecule has 2 aliphatic rings. The van der Waals surface area contributed by atoms with Crippen LogP contribution in [0.15, 0.2) is 47.1 Å². The van der Waals surface area contributed by atoms with Gasteiger partial charge in [0.1, 0.15) is 5.69 Å². The molecule has 0 bridgehead atoms. The van der Waals surface area contributed by atoms with Gasteiger partial charge in [0.05, 0.1) is 0 Å². The molecule has 1 saturated heterocycles. The second kappa shape index (κ2) is 8.17. The van der Waals surface area contributed by atoms with Crippen molar-refractivity contribution in [1.82, 2.24) is 20.0 Å². The van der Waals surface area contributed by atoms with Gasteiger partial charge in [0.15, 0.2) is 0 Å². The SMILES string of the molecule is O=C1CCc2cc(NC(=O)N3CCC(c4nc(-c5ccccn5)no4)CC3)ccc2N1. The van der Waals surface area contributed by atoms with Crippen LogP contribution in [-0.4, -0.2) is 45.1 Å². The summed E-state index contributed by atoms with van der Waals surface area (Å²) in [6.07, 6.45) is 4.36. The third-order valence-corrected chi connectivity index (χ3v) is 5.72. The smallest absolute Gasteiger partial charge is 0.321 e. The molecule has 158 valence electrons. The van der Waals surface area contributed by atoms with Gasteiger partial charge in [-0.15, -0.1) is 0 Å². The lowest BCUT2D eigenvalue weighted by atomic mass is 9.97. The number of carbonyl (C=O) groups is 2. The lowest BCUT2D eigenvalue weighted by Crippen LogP contribution is -2.40. The summed E-state index contributed by atoms with van der Waals surface area (Å²) >= 11 is 0. The zero-order chi connectivity index (χ0) is 21.2. The lowest BCUT2D eigenvalue weighted by molar-refractivity contribution is -0.116. The van der Waals surface area contributed by atoms with Gasteiger partial charge in [-0.05, 0) is 55.2 Å². The fraction of sp³-hybridized carbons (Fsp3) is 0.318. The number of pyridine rings is 1.